The fourth-order valence-electron chi connectivity index (χ4n) is 3.68. The first kappa shape index (κ1) is 19.1. The predicted octanol–water partition coefficient (Wildman–Crippen LogP) is 5.60. The molecule has 0 saturated carbocycles. The Hall–Kier alpha value is -3.84. The molecule has 3 heterocycles. The van der Waals surface area contributed by atoms with E-state index in [2.05, 4.69) is 0 Å². The van der Waals surface area contributed by atoms with E-state index in [0.29, 0.717) is 11.0 Å². The normalized spacial score (nSPS) is 16.5. The van der Waals surface area contributed by atoms with Crippen LogP contribution >= 0.6 is 11.6 Å². The van der Waals surface area contributed by atoms with Gasteiger partial charge in [0.25, 0.3) is 5.91 Å². The van der Waals surface area contributed by atoms with Gasteiger partial charge in [-0.3, -0.25) is 14.5 Å². The van der Waals surface area contributed by atoms with Gasteiger partial charge >= 0.3 is 0 Å². The zero-order chi connectivity index (χ0) is 21.7. The molecule has 5 rings (SSSR count). The maximum atomic E-state index is 13.7. The Kier molecular flexibility index (Phi) is 4.41. The van der Waals surface area contributed by atoms with Crippen molar-refractivity contribution in [2.45, 2.75) is 6.04 Å². The molecule has 0 spiro atoms. The Morgan fingerprint density at radius 3 is 2.61 bits per heavy atom. The lowest BCUT2D eigenvalue weighted by atomic mass is 9.99. The van der Waals surface area contributed by atoms with Gasteiger partial charge in [0.15, 0.2) is 11.5 Å². The van der Waals surface area contributed by atoms with E-state index in [0.717, 1.165) is 11.0 Å². The zero-order valence-corrected chi connectivity index (χ0v) is 16.5. The summed E-state index contributed by atoms with van der Waals surface area (Å²) in [6, 6.07) is 14.3. The summed E-state index contributed by atoms with van der Waals surface area (Å²) in [4.78, 5) is 27.5. The number of rotatable bonds is 4. The minimum absolute atomic E-state index is 0.0360. The second kappa shape index (κ2) is 7.14. The number of fused-ring (bicyclic) bond motifs is 1. The highest BCUT2D eigenvalue weighted by atomic mass is 35.5. The van der Waals surface area contributed by atoms with Crippen LogP contribution in [0.1, 0.15) is 22.4 Å². The Balaban J connectivity index is 1.65. The van der Waals surface area contributed by atoms with Crippen LogP contribution in [0.15, 0.2) is 87.1 Å². The van der Waals surface area contributed by atoms with Crippen molar-refractivity contribution < 1.29 is 27.9 Å². The van der Waals surface area contributed by atoms with Crippen LogP contribution in [0.5, 0.6) is 0 Å². The number of carbonyl (C=O) groups excluding carboxylic acids is 2. The molecule has 4 aromatic rings. The summed E-state index contributed by atoms with van der Waals surface area (Å²) in [5, 5.41) is 11.2. The first-order valence-electron chi connectivity index (χ1n) is 9.24. The molecule has 1 atom stereocenters. The SMILES string of the molecule is O=C(C1=C(O)C(=O)N(c2ccc(F)c(Cl)c2)C1c1ccco1)c1cc2ccccc2o1. The number of benzene rings is 2. The van der Waals surface area contributed by atoms with Gasteiger partial charge in [0.05, 0.1) is 16.9 Å². The molecule has 0 aliphatic carbocycles. The molecule has 6 nitrogen and oxygen atoms in total. The van der Waals surface area contributed by atoms with E-state index in [-0.39, 0.29) is 27.8 Å². The molecule has 1 N–H and O–H groups in total. The number of carbonyl (C=O) groups is 2. The summed E-state index contributed by atoms with van der Waals surface area (Å²) in [6.07, 6.45) is 1.38. The maximum absolute atomic E-state index is 13.7. The predicted molar refractivity (Wildman–Crippen MR) is 111 cm³/mol. The molecule has 2 aromatic carbocycles. The number of ketones is 1. The van der Waals surface area contributed by atoms with Crippen LogP contribution in [0, 0.1) is 5.82 Å². The molecule has 1 unspecified atom stereocenters. The van der Waals surface area contributed by atoms with Crippen molar-refractivity contribution in [3.63, 3.8) is 0 Å². The molecule has 8 heteroatoms. The first-order valence-corrected chi connectivity index (χ1v) is 9.62. The van der Waals surface area contributed by atoms with Crippen molar-refractivity contribution in [2.24, 2.45) is 0 Å². The van der Waals surface area contributed by atoms with E-state index in [1.807, 2.05) is 0 Å². The average Bonchev–Trinajstić information content (AvgIpc) is 3.49. The van der Waals surface area contributed by atoms with Gasteiger partial charge in [0.1, 0.15) is 23.2 Å². The van der Waals surface area contributed by atoms with Crippen LogP contribution in [0.25, 0.3) is 11.0 Å². The van der Waals surface area contributed by atoms with Crippen LogP contribution in [-0.4, -0.2) is 16.8 Å². The van der Waals surface area contributed by atoms with Gasteiger partial charge in [0, 0.05) is 11.1 Å². The number of amides is 1. The number of aliphatic hydroxyl groups excluding tert-OH is 1. The molecule has 0 bridgehead atoms. The van der Waals surface area contributed by atoms with Gasteiger partial charge in [-0.2, -0.15) is 0 Å². The van der Waals surface area contributed by atoms with Crippen LogP contribution in [-0.2, 0) is 4.79 Å². The third-order valence-electron chi connectivity index (χ3n) is 5.10. The molecule has 1 aliphatic rings. The average molecular weight is 438 g/mol. The van der Waals surface area contributed by atoms with Gasteiger partial charge in [-0.15, -0.1) is 0 Å². The van der Waals surface area contributed by atoms with E-state index < -0.39 is 29.3 Å². The Morgan fingerprint density at radius 1 is 1.10 bits per heavy atom. The Labute approximate surface area is 179 Å². The minimum atomic E-state index is -1.09. The van der Waals surface area contributed by atoms with Gasteiger partial charge in [-0.1, -0.05) is 29.8 Å². The van der Waals surface area contributed by atoms with Crippen molar-refractivity contribution in [3.8, 4) is 0 Å². The van der Waals surface area contributed by atoms with E-state index >= 15 is 0 Å². The highest BCUT2D eigenvalue weighted by molar-refractivity contribution is 6.31. The van der Waals surface area contributed by atoms with Gasteiger partial charge in [-0.05, 0) is 42.5 Å². The van der Waals surface area contributed by atoms with Crippen LogP contribution in [0.4, 0.5) is 10.1 Å². The number of halogens is 2. The number of nitrogens with zero attached hydrogens (tertiary/aromatic N) is 1. The zero-order valence-electron chi connectivity index (χ0n) is 15.7. The number of furan rings is 2. The lowest BCUT2D eigenvalue weighted by Crippen LogP contribution is -2.30. The number of para-hydroxylation sites is 1. The molecule has 1 amide bonds. The van der Waals surface area contributed by atoms with Gasteiger partial charge < -0.3 is 13.9 Å². The van der Waals surface area contributed by atoms with Crippen molar-refractivity contribution in [2.75, 3.05) is 4.90 Å². The molecule has 2 aromatic heterocycles. The van der Waals surface area contributed by atoms with Gasteiger partial charge in [0.2, 0.25) is 5.78 Å². The number of hydrogen-bond acceptors (Lipinski definition) is 5. The van der Waals surface area contributed by atoms with Crippen LogP contribution in [0.3, 0.4) is 0 Å². The largest absolute Gasteiger partial charge is 0.503 e. The maximum Gasteiger partial charge on any atom is 0.294 e. The first-order chi connectivity index (χ1) is 15.0. The van der Waals surface area contributed by atoms with E-state index in [1.54, 1.807) is 42.5 Å². The Morgan fingerprint density at radius 2 is 1.90 bits per heavy atom. The lowest BCUT2D eigenvalue weighted by molar-refractivity contribution is -0.117. The minimum Gasteiger partial charge on any atom is -0.503 e. The third kappa shape index (κ3) is 3.02. The van der Waals surface area contributed by atoms with E-state index in [9.17, 15) is 19.1 Å². The number of anilines is 1. The molecule has 31 heavy (non-hydrogen) atoms. The highest BCUT2D eigenvalue weighted by Gasteiger charge is 2.46. The number of hydrogen-bond donors (Lipinski definition) is 1. The fraction of sp³-hybridized carbons (Fsp3) is 0.0435. The van der Waals surface area contributed by atoms with Crippen LogP contribution < -0.4 is 4.90 Å². The van der Waals surface area contributed by atoms with Gasteiger partial charge in [-0.25, -0.2) is 4.39 Å². The van der Waals surface area contributed by atoms with Crippen LogP contribution in [0.2, 0.25) is 5.02 Å². The second-order valence-corrected chi connectivity index (χ2v) is 7.34. The molecule has 0 radical (unpaired) electrons. The molecular weight excluding hydrogens is 425 g/mol. The quantitative estimate of drug-likeness (QED) is 0.420. The highest BCUT2D eigenvalue weighted by Crippen LogP contribution is 2.43. The fourth-order valence-corrected chi connectivity index (χ4v) is 3.86. The summed E-state index contributed by atoms with van der Waals surface area (Å²) in [7, 11) is 0. The molecule has 1 aliphatic heterocycles. The summed E-state index contributed by atoms with van der Waals surface area (Å²) in [5.41, 5.74) is 0.475. The molecular formula is C23H13ClFNO5. The lowest BCUT2D eigenvalue weighted by Gasteiger charge is -2.25. The topological polar surface area (TPSA) is 83.9 Å². The second-order valence-electron chi connectivity index (χ2n) is 6.93. The van der Waals surface area contributed by atoms with E-state index in [4.69, 9.17) is 20.4 Å². The molecule has 154 valence electrons. The van der Waals surface area contributed by atoms with Crippen molar-refractivity contribution in [3.05, 3.63) is 101 Å². The standard InChI is InChI=1S/C23H13ClFNO5/c24-14-11-13(7-8-15(14)25)26-20(17-6-3-9-30-17)19(22(28)23(26)29)21(27)18-10-12-4-1-2-5-16(12)31-18/h1-11,20,28H. The van der Waals surface area contributed by atoms with Crippen molar-refractivity contribution in [1.29, 1.82) is 0 Å². The monoisotopic (exact) mass is 437 g/mol. The summed E-state index contributed by atoms with van der Waals surface area (Å²) < 4.78 is 24.8. The molecule has 0 fully saturated rings. The third-order valence-corrected chi connectivity index (χ3v) is 5.39. The Bertz CT molecular complexity index is 1340. The summed E-state index contributed by atoms with van der Waals surface area (Å²) >= 11 is 5.89. The van der Waals surface area contributed by atoms with Crippen molar-refractivity contribution >= 4 is 39.9 Å². The number of aliphatic hydroxyl groups is 1. The smallest absolute Gasteiger partial charge is 0.294 e. The molecule has 0 saturated heterocycles. The van der Waals surface area contributed by atoms with Crippen molar-refractivity contribution in [1.82, 2.24) is 0 Å². The summed E-state index contributed by atoms with van der Waals surface area (Å²) in [5.74, 6) is -2.72. The number of Topliss-reactive ketones (excluding diaryl/α,β-unsaturated/α-hetero) is 1. The van der Waals surface area contributed by atoms with E-state index in [1.165, 1.54) is 18.4 Å². The summed E-state index contributed by atoms with van der Waals surface area (Å²) in [6.45, 7) is 0.